The molecule has 2 N–H and O–H groups in total. The van der Waals surface area contributed by atoms with Crippen LogP contribution in [0.2, 0.25) is 0 Å². The minimum absolute atomic E-state index is 0. The van der Waals surface area contributed by atoms with Gasteiger partial charge in [-0.1, -0.05) is 139 Å². The Morgan fingerprint density at radius 2 is 1.18 bits per heavy atom. The minimum atomic E-state index is -0.926. The zero-order valence-corrected chi connectivity index (χ0v) is 147. The van der Waals surface area contributed by atoms with Crippen LogP contribution in [-0.2, 0) is 38.3 Å². The number of nitrogens with one attached hydrogen (secondary N) is 2. The summed E-state index contributed by atoms with van der Waals surface area (Å²) in [4.78, 5) is 96.8. The van der Waals surface area contributed by atoms with Gasteiger partial charge in [0.05, 0.1) is 37.1 Å². The molecule has 2 aliphatic carbocycles. The Hall–Kier alpha value is 28.5. The first kappa shape index (κ1) is 174. The third-order valence-corrected chi connectivity index (χ3v) is 17.7. The van der Waals surface area contributed by atoms with Crippen LogP contribution < -0.4 is 1200 Å². The zero-order valence-electron chi connectivity index (χ0n) is 96.3. The van der Waals surface area contributed by atoms with E-state index in [1.165, 1.54) is 46.7 Å². The number of thiophene rings is 2. The van der Waals surface area contributed by atoms with Crippen molar-refractivity contribution < 1.29 is 1270 Å². The molecule has 6 atom stereocenters. The molecule has 0 radical (unpaired) electrons. The largest absolute Gasteiger partial charge is 1.00 e. The Morgan fingerprint density at radius 1 is 0.652 bits per heavy atom. The molecule has 6 aromatic rings. The molecule has 11 rings (SSSR count). The molecular formula is C69H97K23N6O12S2. The van der Waals surface area contributed by atoms with Crippen LogP contribution in [0.4, 0.5) is 0 Å². The van der Waals surface area contributed by atoms with Gasteiger partial charge in [-0.3, -0.25) is 19.2 Å². The Labute approximate surface area is 1690 Å². The van der Waals surface area contributed by atoms with Crippen molar-refractivity contribution in [3.05, 3.63) is 176 Å². The molecule has 3 aliphatic heterocycles. The number of oxime groups is 2. The molecule has 0 saturated carbocycles. The van der Waals surface area contributed by atoms with E-state index in [1.807, 2.05) is 150 Å². The normalized spacial score (nSPS) is 16.1. The quantitative estimate of drug-likeness (QED) is 0.0536. The number of hydrogen-bond acceptors (Lipinski definition) is 16. The van der Waals surface area contributed by atoms with Crippen LogP contribution in [0.5, 0.6) is 11.5 Å². The topological polar surface area (TPSA) is 213 Å². The number of nitrogens with zero attached hydrogens (tertiary/aromatic N) is 4. The maximum absolute atomic E-state index is 14.1. The number of hydrogen-bond donors (Lipinski definition) is 2. The first-order valence-electron chi connectivity index (χ1n) is 28.9. The predicted octanol–water partition coefficient (Wildman–Crippen LogP) is -55.1. The molecule has 5 aliphatic rings. The van der Waals surface area contributed by atoms with Crippen molar-refractivity contribution in [2.75, 3.05) is 40.5 Å². The van der Waals surface area contributed by atoms with Crippen molar-refractivity contribution in [1.82, 2.24) is 20.4 Å². The summed E-state index contributed by atoms with van der Waals surface area (Å²) < 4.78 is 22.0. The molecule has 4 bridgehead atoms. The second kappa shape index (κ2) is 92.0. The van der Waals surface area contributed by atoms with E-state index in [-0.39, 0.29) is 1270 Å². The molecule has 2 saturated heterocycles. The summed E-state index contributed by atoms with van der Waals surface area (Å²) in [6.45, 7) is 19.6. The van der Waals surface area contributed by atoms with Gasteiger partial charge in [0.1, 0.15) is 72.5 Å². The summed E-state index contributed by atoms with van der Waals surface area (Å²) in [5.74, 6) is -1.28. The monoisotopic (exact) mass is 2160 g/mol. The van der Waals surface area contributed by atoms with Gasteiger partial charge in [-0.2, -0.15) is 0 Å². The number of likely N-dealkylation sites (tertiary alicyclic amines) is 1. The fourth-order valence-corrected chi connectivity index (χ4v) is 13.0. The molecular weight excluding hydrogens is 2070 g/mol. The molecule has 43 heteroatoms. The van der Waals surface area contributed by atoms with E-state index >= 15 is 0 Å². The predicted molar refractivity (Wildman–Crippen MR) is 372 cm³/mol. The van der Waals surface area contributed by atoms with Crippen LogP contribution in [0.3, 0.4) is 0 Å². The number of benzene rings is 4. The van der Waals surface area contributed by atoms with E-state index in [0.717, 1.165) is 50.1 Å². The summed E-state index contributed by atoms with van der Waals surface area (Å²) >= 11 is 2.57. The second-order valence-corrected chi connectivity index (χ2v) is 25.7. The van der Waals surface area contributed by atoms with E-state index in [9.17, 15) is 28.8 Å². The summed E-state index contributed by atoms with van der Waals surface area (Å²) in [6.07, 6.45) is 6.21. The van der Waals surface area contributed by atoms with E-state index < -0.39 is 65.1 Å². The van der Waals surface area contributed by atoms with Gasteiger partial charge in [-0.05, 0) is 110 Å². The number of rotatable bonds is 11. The molecule has 4 aromatic carbocycles. The minimum Gasteiger partial charge on any atom is -1.00 e. The molecule has 18 nitrogen and oxygen atoms in total. The first-order chi connectivity index (χ1) is 42.2. The van der Waals surface area contributed by atoms with E-state index in [4.69, 9.17) is 28.6 Å². The van der Waals surface area contributed by atoms with Crippen LogP contribution in [0, 0.1) is 10.8 Å². The maximum Gasteiger partial charge on any atom is 1.00 e. The number of methoxy groups -OCH3 is 2. The molecule has 0 unspecified atom stereocenters. The van der Waals surface area contributed by atoms with Crippen LogP contribution in [0.1, 0.15) is 147 Å². The standard InChI is InChI=1S/C35H37N3O6S.C33H33N3O6S.CH4.23K.23H/c1-7-16-43-22-13-14-25-24-11-9-10-12-26(24)29(27(25)18-22)37-44-23-19-28(34(41)42-6)38(20-23)33(40)31(35(3,4)5)36-32(39)30-21(8-2)15-17-45-30;1-33(2,3)29-31(38)36-18-21(17-26(36)32(39)40-4)42-35-27-24-10-6-5-9-22(24)23-12-11-20(16-25(23)27)41-14-7-8-19-13-15-43-28(19)30(37)34-29;;;;;;;;;;;;;;;;;;;;;;;;;;;;;;;;;;;;;;;;;;;;;;;/h7-15,17-18,23,28,31H,1-2,16,19-20H2,3-6H3,(H,36,39);5-13,15-16,21,26,29H,14,17-18H2,1-4H3,(H,34,37);1H4;;;;;;;;;;;;;;;;;;;;;;;;;;;;;;;;;;;;;;;;;;;;;;/q;;;23*+1;23*-1/b;8-7+,35-27?;;;;;;;;;;;;;;;;;;;;;;;;;;;;;;;;;;;;;;;;;;;;;;;/t23-,28+,31-;21-,26+,29-;;;;;;;;;;;;;;;;;;;;;;;;;;;;;;;;;;;;;;;;;;;;;;;/m11.............................................../s1. The van der Waals surface area contributed by atoms with Crippen molar-refractivity contribution in [3.63, 3.8) is 0 Å². The van der Waals surface area contributed by atoms with Gasteiger partial charge in [0.15, 0.2) is 0 Å². The molecule has 2 fully saturated rings. The summed E-state index contributed by atoms with van der Waals surface area (Å²) in [6, 6.07) is 27.6. The number of carbonyl (C=O) groups is 6. The first-order valence-corrected chi connectivity index (χ1v) is 30.6. The number of fused-ring (bicyclic) bond motifs is 10. The molecule has 0 spiro atoms. The molecule has 112 heavy (non-hydrogen) atoms. The van der Waals surface area contributed by atoms with E-state index in [0.29, 0.717) is 51.5 Å². The maximum atomic E-state index is 14.1. The fourth-order valence-electron chi connectivity index (χ4n) is 11.4. The fraction of sp³-hybridized carbons (Fsp3) is 0.333. The van der Waals surface area contributed by atoms with Crippen molar-refractivity contribution in [2.24, 2.45) is 21.1 Å². The third-order valence-electron chi connectivity index (χ3n) is 15.9. The van der Waals surface area contributed by atoms with Crippen LogP contribution >= 0.6 is 22.7 Å². The average Bonchev–Trinajstić information content (AvgIpc) is 1.61. The van der Waals surface area contributed by atoms with Gasteiger partial charge in [0.2, 0.25) is 11.8 Å². The second-order valence-electron chi connectivity index (χ2n) is 23.8. The molecule has 4 amide bonds. The zero-order chi connectivity index (χ0) is 62.6. The Morgan fingerprint density at radius 3 is 1.73 bits per heavy atom. The summed E-state index contributed by atoms with van der Waals surface area (Å²) in [5, 5.41) is 18.7. The van der Waals surface area contributed by atoms with Gasteiger partial charge in [-0.15, -0.1) is 22.7 Å². The number of ether oxygens (including phenoxy) is 4. The van der Waals surface area contributed by atoms with Crippen LogP contribution in [-0.4, -0.2) is 134 Å². The number of esters is 2. The Bertz CT molecular complexity index is 3980. The Balaban J connectivity index is -0.0000000287. The average molecular weight is 2170 g/mol. The van der Waals surface area contributed by atoms with E-state index in [2.05, 4.69) is 34.1 Å². The van der Waals surface area contributed by atoms with Crippen molar-refractivity contribution in [2.45, 2.75) is 98.2 Å². The SMILES string of the molecule is C.C=CCOc1ccc2c(c1)C(=NO[C@@H]1C[C@@H](C(=O)OC)N(C(=O)[C@@H](NC(=O)c3sccc3C=C)C(C)(C)C)C1)c1ccccc1-2.COC(=O)[C@@H]1C[C@@H]2CN1C(=O)[C@H](C(C)(C)C)NC(=O)c1sccc1/C=C/COc1ccc3c(c1)C(=NO2)c1ccccc1-3.[H-].[H-].[H-].[H-].[H-].[H-].[H-].[H-].[H-].[H-].[H-].[H-].[H-].[H-].[H-].[H-].[H-].[H-].[H-].[H-].[H-].[H-].[H-].[K+].[K+].[K+].[K+].[K+].[K+].[K+].[K+].[K+].[K+].[K+].[K+].[K+].[K+].[K+].[K+].[K+].[K+].[K+].[K+].[K+].[K+].[K+]. The molecule has 2 aromatic heterocycles. The Kier molecular flexibility index (Phi) is 143. The van der Waals surface area contributed by atoms with Gasteiger partial charge in [-0.25, -0.2) is 9.59 Å². The summed E-state index contributed by atoms with van der Waals surface area (Å²) in [7, 11) is 2.58. The van der Waals surface area contributed by atoms with Gasteiger partial charge in [0.25, 0.3) is 11.8 Å². The van der Waals surface area contributed by atoms with Crippen LogP contribution in [0.15, 0.2) is 143 Å². The van der Waals surface area contributed by atoms with Gasteiger partial charge >= 0.3 is 1190 Å². The number of carbonyl (C=O) groups excluding carboxylic acids is 6. The van der Waals surface area contributed by atoms with Crippen molar-refractivity contribution >= 4 is 81.8 Å². The summed E-state index contributed by atoms with van der Waals surface area (Å²) in [5.41, 5.74) is 9.04. The molecule has 510 valence electrons. The van der Waals surface area contributed by atoms with Crippen molar-refractivity contribution in [3.8, 4) is 33.8 Å². The van der Waals surface area contributed by atoms with Crippen molar-refractivity contribution in [1.29, 1.82) is 0 Å². The van der Waals surface area contributed by atoms with E-state index in [1.54, 1.807) is 23.6 Å². The molecule has 5 heterocycles. The third kappa shape index (κ3) is 52.4. The smallest absolute Gasteiger partial charge is 1.00 e. The van der Waals surface area contributed by atoms with Gasteiger partial charge in [0, 0.05) is 35.1 Å². The van der Waals surface area contributed by atoms with Crippen LogP contribution in [0.25, 0.3) is 34.4 Å². The van der Waals surface area contributed by atoms with Gasteiger partial charge < -0.3 is 81.9 Å². The number of amides is 4.